The molecule has 0 radical (unpaired) electrons. The van der Waals surface area contributed by atoms with E-state index in [0.717, 1.165) is 19.6 Å². The van der Waals surface area contributed by atoms with Crippen molar-refractivity contribution < 1.29 is 9.53 Å². The van der Waals surface area contributed by atoms with Gasteiger partial charge in [0.25, 0.3) is 0 Å². The average Bonchev–Trinajstić information content (AvgIpc) is 3.09. The van der Waals surface area contributed by atoms with Crippen molar-refractivity contribution in [3.05, 3.63) is 35.9 Å². The molecule has 5 nitrogen and oxygen atoms in total. The molecule has 5 heteroatoms. The van der Waals surface area contributed by atoms with Crippen LogP contribution in [0.2, 0.25) is 0 Å². The topological polar surface area (TPSA) is 44.8 Å². The number of carbonyl (C=O) groups excluding carboxylic acids is 1. The Labute approximate surface area is 132 Å². The first-order chi connectivity index (χ1) is 10.8. The molecule has 0 aliphatic carbocycles. The zero-order valence-electron chi connectivity index (χ0n) is 13.0. The van der Waals surface area contributed by atoms with Crippen molar-refractivity contribution in [2.45, 2.75) is 18.9 Å². The van der Waals surface area contributed by atoms with E-state index in [0.29, 0.717) is 26.3 Å². The molecule has 2 fully saturated rings. The summed E-state index contributed by atoms with van der Waals surface area (Å²) in [5.41, 5.74) is 1.18. The average molecular weight is 303 g/mol. The minimum absolute atomic E-state index is 0.0244. The van der Waals surface area contributed by atoms with Crippen molar-refractivity contribution in [1.82, 2.24) is 15.1 Å². The fourth-order valence-corrected chi connectivity index (χ4v) is 3.15. The number of amides is 2. The Morgan fingerprint density at radius 2 is 1.77 bits per heavy atom. The van der Waals surface area contributed by atoms with Crippen LogP contribution in [-0.4, -0.2) is 61.8 Å². The molecule has 3 rings (SSSR count). The molecule has 0 aromatic heterocycles. The minimum Gasteiger partial charge on any atom is -0.378 e. The first-order valence-electron chi connectivity index (χ1n) is 8.23. The third-order valence-corrected chi connectivity index (χ3v) is 4.44. The Balaban J connectivity index is 1.65. The summed E-state index contributed by atoms with van der Waals surface area (Å²) in [6, 6.07) is 10.4. The monoisotopic (exact) mass is 303 g/mol. The summed E-state index contributed by atoms with van der Waals surface area (Å²) in [5.74, 6) is 0. The molecule has 2 heterocycles. The van der Waals surface area contributed by atoms with Crippen molar-refractivity contribution in [1.29, 1.82) is 0 Å². The second-order valence-electron chi connectivity index (χ2n) is 6.02. The molecule has 0 bridgehead atoms. The van der Waals surface area contributed by atoms with E-state index in [9.17, 15) is 4.79 Å². The summed E-state index contributed by atoms with van der Waals surface area (Å²) in [5, 5.41) is 3.22. The summed E-state index contributed by atoms with van der Waals surface area (Å²) in [7, 11) is 0. The van der Waals surface area contributed by atoms with Gasteiger partial charge in [-0.3, -0.25) is 0 Å². The number of rotatable bonds is 4. The van der Waals surface area contributed by atoms with Crippen molar-refractivity contribution >= 4 is 6.03 Å². The van der Waals surface area contributed by atoms with E-state index in [1.54, 1.807) is 0 Å². The largest absolute Gasteiger partial charge is 0.378 e. The van der Waals surface area contributed by atoms with E-state index in [2.05, 4.69) is 22.3 Å². The third-order valence-electron chi connectivity index (χ3n) is 4.44. The lowest BCUT2D eigenvalue weighted by molar-refractivity contribution is 0.0521. The summed E-state index contributed by atoms with van der Waals surface area (Å²) < 4.78 is 5.32. The second-order valence-corrected chi connectivity index (χ2v) is 6.02. The first-order valence-corrected chi connectivity index (χ1v) is 8.23. The first kappa shape index (κ1) is 15.3. The summed E-state index contributed by atoms with van der Waals surface area (Å²) in [6.45, 7) is 5.78. The fourth-order valence-electron chi connectivity index (χ4n) is 3.15. The van der Waals surface area contributed by atoms with Crippen LogP contribution in [0.4, 0.5) is 4.79 Å². The second kappa shape index (κ2) is 7.61. The quantitative estimate of drug-likeness (QED) is 0.923. The van der Waals surface area contributed by atoms with Crippen LogP contribution in [0.15, 0.2) is 30.3 Å². The molecule has 0 unspecified atom stereocenters. The maximum absolute atomic E-state index is 12.5. The highest BCUT2D eigenvalue weighted by Gasteiger charge is 2.23. The van der Waals surface area contributed by atoms with Crippen LogP contribution in [0.3, 0.4) is 0 Å². The van der Waals surface area contributed by atoms with Gasteiger partial charge in [0.1, 0.15) is 0 Å². The smallest absolute Gasteiger partial charge is 0.318 e. The number of hydrogen-bond donors (Lipinski definition) is 1. The van der Waals surface area contributed by atoms with Gasteiger partial charge in [-0.05, 0) is 31.5 Å². The molecule has 2 saturated heterocycles. The van der Waals surface area contributed by atoms with Gasteiger partial charge in [-0.25, -0.2) is 4.79 Å². The maximum atomic E-state index is 12.5. The van der Waals surface area contributed by atoms with Gasteiger partial charge in [0.15, 0.2) is 0 Å². The predicted molar refractivity (Wildman–Crippen MR) is 85.8 cm³/mol. The van der Waals surface area contributed by atoms with Crippen LogP contribution in [0.1, 0.15) is 24.4 Å². The highest BCUT2D eigenvalue weighted by atomic mass is 16.5. The molecule has 1 aromatic carbocycles. The Morgan fingerprint density at radius 3 is 2.45 bits per heavy atom. The molecule has 2 aliphatic heterocycles. The summed E-state index contributed by atoms with van der Waals surface area (Å²) in [4.78, 5) is 16.8. The molecule has 2 aliphatic rings. The molecule has 2 amide bonds. The minimum atomic E-state index is 0.0244. The molecule has 1 aromatic rings. The highest BCUT2D eigenvalue weighted by Crippen LogP contribution is 2.18. The van der Waals surface area contributed by atoms with Gasteiger partial charge in [-0.15, -0.1) is 0 Å². The molecular weight excluding hydrogens is 278 g/mol. The van der Waals surface area contributed by atoms with Crippen molar-refractivity contribution in [3.8, 4) is 0 Å². The van der Waals surface area contributed by atoms with Crippen molar-refractivity contribution in [2.24, 2.45) is 0 Å². The number of benzene rings is 1. The lowest BCUT2D eigenvalue weighted by Crippen LogP contribution is -2.48. The van der Waals surface area contributed by atoms with Crippen LogP contribution >= 0.6 is 0 Å². The number of likely N-dealkylation sites (tertiary alicyclic amines) is 1. The van der Waals surface area contributed by atoms with Crippen LogP contribution in [0.25, 0.3) is 0 Å². The number of nitrogens with zero attached hydrogens (tertiary/aromatic N) is 2. The van der Waals surface area contributed by atoms with E-state index < -0.39 is 0 Å². The van der Waals surface area contributed by atoms with Gasteiger partial charge in [-0.1, -0.05) is 30.3 Å². The molecule has 0 saturated carbocycles. The zero-order valence-corrected chi connectivity index (χ0v) is 13.0. The maximum Gasteiger partial charge on any atom is 0.318 e. The van der Waals surface area contributed by atoms with Gasteiger partial charge in [0.2, 0.25) is 0 Å². The molecular formula is C17H25N3O2. The Bertz CT molecular complexity index is 468. The SMILES string of the molecule is O=C(N[C@H](CN1CCCC1)c1ccccc1)N1CCOCC1. The van der Waals surface area contributed by atoms with Crippen molar-refractivity contribution in [3.63, 3.8) is 0 Å². The third kappa shape index (κ3) is 3.99. The lowest BCUT2D eigenvalue weighted by atomic mass is 10.1. The summed E-state index contributed by atoms with van der Waals surface area (Å²) in [6.07, 6.45) is 2.53. The van der Waals surface area contributed by atoms with Gasteiger partial charge in [0, 0.05) is 19.6 Å². The lowest BCUT2D eigenvalue weighted by Gasteiger charge is -2.31. The molecule has 1 N–H and O–H groups in total. The van der Waals surface area contributed by atoms with Crippen LogP contribution in [-0.2, 0) is 4.74 Å². The Kier molecular flexibility index (Phi) is 5.29. The van der Waals surface area contributed by atoms with E-state index >= 15 is 0 Å². The number of urea groups is 1. The van der Waals surface area contributed by atoms with E-state index in [4.69, 9.17) is 4.74 Å². The molecule has 120 valence electrons. The van der Waals surface area contributed by atoms with E-state index in [1.165, 1.54) is 18.4 Å². The van der Waals surface area contributed by atoms with Gasteiger partial charge in [-0.2, -0.15) is 0 Å². The molecule has 0 spiro atoms. The highest BCUT2D eigenvalue weighted by molar-refractivity contribution is 5.74. The van der Waals surface area contributed by atoms with E-state index in [1.807, 2.05) is 23.1 Å². The molecule has 22 heavy (non-hydrogen) atoms. The van der Waals surface area contributed by atoms with Crippen LogP contribution in [0.5, 0.6) is 0 Å². The predicted octanol–water partition coefficient (Wildman–Crippen LogP) is 1.87. The Morgan fingerprint density at radius 1 is 1.09 bits per heavy atom. The Hall–Kier alpha value is -1.59. The van der Waals surface area contributed by atoms with Crippen LogP contribution < -0.4 is 5.32 Å². The molecule has 1 atom stereocenters. The van der Waals surface area contributed by atoms with Crippen molar-refractivity contribution in [2.75, 3.05) is 45.9 Å². The number of morpholine rings is 1. The van der Waals surface area contributed by atoms with Gasteiger partial charge in [0.05, 0.1) is 19.3 Å². The number of carbonyl (C=O) groups is 1. The number of hydrogen-bond acceptors (Lipinski definition) is 3. The van der Waals surface area contributed by atoms with Gasteiger partial charge >= 0.3 is 6.03 Å². The number of ether oxygens (including phenoxy) is 1. The normalized spacial score (nSPS) is 20.8. The fraction of sp³-hybridized carbons (Fsp3) is 0.588. The van der Waals surface area contributed by atoms with Crippen LogP contribution in [0, 0.1) is 0 Å². The van der Waals surface area contributed by atoms with E-state index in [-0.39, 0.29) is 12.1 Å². The number of nitrogens with one attached hydrogen (secondary N) is 1. The standard InChI is InChI=1S/C17H25N3O2/c21-17(20-10-12-22-13-11-20)18-16(14-19-8-4-5-9-19)15-6-2-1-3-7-15/h1-3,6-7,16H,4-5,8-14H2,(H,18,21)/t16-/m1/s1. The van der Waals surface area contributed by atoms with Gasteiger partial charge < -0.3 is 19.9 Å². The summed E-state index contributed by atoms with van der Waals surface area (Å²) >= 11 is 0. The zero-order chi connectivity index (χ0) is 15.2.